The highest BCUT2D eigenvalue weighted by molar-refractivity contribution is 7.98. The smallest absolute Gasteiger partial charge is 0.256 e. The number of pyridine rings is 1. The average Bonchev–Trinajstić information content (AvgIpc) is 2.86. The summed E-state index contributed by atoms with van der Waals surface area (Å²) in [5.41, 5.74) is 2.58. The lowest BCUT2D eigenvalue weighted by Gasteiger charge is -2.06. The summed E-state index contributed by atoms with van der Waals surface area (Å²) < 4.78 is 0. The Balaban J connectivity index is 1.78. The molecule has 6 heteroatoms. The van der Waals surface area contributed by atoms with E-state index >= 15 is 0 Å². The van der Waals surface area contributed by atoms with Crippen LogP contribution < -0.4 is 10.9 Å². The molecule has 92 valence electrons. The highest BCUT2D eigenvalue weighted by Gasteiger charge is 2.17. The molecule has 0 bridgehead atoms. The van der Waals surface area contributed by atoms with Crippen molar-refractivity contribution in [3.63, 3.8) is 0 Å². The highest BCUT2D eigenvalue weighted by Crippen LogP contribution is 2.25. The Hall–Kier alpha value is -1.82. The Bertz CT molecular complexity index is 611. The standard InChI is InChI=1S/C12H12N4OS/c17-11-9-6-18-7-10(9)15-12(16-11)14-5-8-3-1-2-4-13-8/h1-4H,5-7H2,(H2,14,15,16,17). The Labute approximate surface area is 108 Å². The van der Waals surface area contributed by atoms with E-state index in [1.165, 1.54) is 0 Å². The average molecular weight is 260 g/mol. The van der Waals surface area contributed by atoms with E-state index in [0.29, 0.717) is 12.5 Å². The SMILES string of the molecule is O=c1[nH]c(NCc2ccccn2)nc2c1CSC2. The molecule has 0 aliphatic carbocycles. The lowest BCUT2D eigenvalue weighted by atomic mass is 10.3. The molecular formula is C12H12N4OS. The second-order valence-corrected chi connectivity index (χ2v) is 4.99. The van der Waals surface area contributed by atoms with Crippen molar-refractivity contribution in [3.05, 3.63) is 51.7 Å². The molecular weight excluding hydrogens is 248 g/mol. The van der Waals surface area contributed by atoms with Gasteiger partial charge in [0.05, 0.1) is 17.9 Å². The van der Waals surface area contributed by atoms with Gasteiger partial charge in [-0.25, -0.2) is 4.98 Å². The van der Waals surface area contributed by atoms with E-state index in [1.54, 1.807) is 18.0 Å². The molecule has 0 spiro atoms. The number of nitrogens with zero attached hydrogens (tertiary/aromatic N) is 2. The van der Waals surface area contributed by atoms with Crippen LogP contribution in [-0.2, 0) is 18.1 Å². The molecule has 1 aliphatic heterocycles. The maximum Gasteiger partial charge on any atom is 0.256 e. The van der Waals surface area contributed by atoms with Crippen LogP contribution in [0, 0.1) is 0 Å². The number of anilines is 1. The number of fused-ring (bicyclic) bond motifs is 1. The van der Waals surface area contributed by atoms with Crippen LogP contribution in [0.4, 0.5) is 5.95 Å². The minimum Gasteiger partial charge on any atom is -0.350 e. The number of hydrogen-bond acceptors (Lipinski definition) is 5. The first-order valence-corrected chi connectivity index (χ1v) is 6.82. The summed E-state index contributed by atoms with van der Waals surface area (Å²) in [5.74, 6) is 2.10. The van der Waals surface area contributed by atoms with Gasteiger partial charge in [-0.05, 0) is 12.1 Å². The topological polar surface area (TPSA) is 70.7 Å². The van der Waals surface area contributed by atoms with Crippen LogP contribution in [0.3, 0.4) is 0 Å². The Morgan fingerprint density at radius 1 is 1.39 bits per heavy atom. The van der Waals surface area contributed by atoms with Crippen LogP contribution >= 0.6 is 11.8 Å². The van der Waals surface area contributed by atoms with Gasteiger partial charge in [0.15, 0.2) is 0 Å². The van der Waals surface area contributed by atoms with Crippen LogP contribution in [0.2, 0.25) is 0 Å². The Morgan fingerprint density at radius 2 is 2.33 bits per heavy atom. The Morgan fingerprint density at radius 3 is 3.17 bits per heavy atom. The van der Waals surface area contributed by atoms with Gasteiger partial charge in [0, 0.05) is 23.3 Å². The fourth-order valence-electron chi connectivity index (χ4n) is 1.82. The first-order valence-electron chi connectivity index (χ1n) is 5.66. The van der Waals surface area contributed by atoms with Gasteiger partial charge < -0.3 is 5.32 Å². The maximum absolute atomic E-state index is 11.8. The number of rotatable bonds is 3. The zero-order valence-electron chi connectivity index (χ0n) is 9.64. The van der Waals surface area contributed by atoms with E-state index in [4.69, 9.17) is 0 Å². The van der Waals surface area contributed by atoms with E-state index in [9.17, 15) is 4.79 Å². The molecule has 0 aromatic carbocycles. The van der Waals surface area contributed by atoms with Gasteiger partial charge in [0.1, 0.15) is 0 Å². The van der Waals surface area contributed by atoms with E-state index in [0.717, 1.165) is 28.5 Å². The minimum absolute atomic E-state index is 0.0338. The summed E-state index contributed by atoms with van der Waals surface area (Å²) in [6, 6.07) is 5.73. The monoisotopic (exact) mass is 260 g/mol. The van der Waals surface area contributed by atoms with Gasteiger partial charge in [-0.15, -0.1) is 0 Å². The highest BCUT2D eigenvalue weighted by atomic mass is 32.2. The van der Waals surface area contributed by atoms with Crippen molar-refractivity contribution in [1.29, 1.82) is 0 Å². The van der Waals surface area contributed by atoms with Crippen LogP contribution in [0.15, 0.2) is 29.2 Å². The van der Waals surface area contributed by atoms with Crippen LogP contribution in [0.25, 0.3) is 0 Å². The van der Waals surface area contributed by atoms with E-state index in [-0.39, 0.29) is 5.56 Å². The molecule has 2 aromatic rings. The maximum atomic E-state index is 11.8. The largest absolute Gasteiger partial charge is 0.350 e. The summed E-state index contributed by atoms with van der Waals surface area (Å²) >= 11 is 1.72. The van der Waals surface area contributed by atoms with Crippen molar-refractivity contribution in [3.8, 4) is 0 Å². The summed E-state index contributed by atoms with van der Waals surface area (Å²) in [4.78, 5) is 23.2. The fraction of sp³-hybridized carbons (Fsp3) is 0.250. The molecule has 3 rings (SSSR count). The van der Waals surface area contributed by atoms with E-state index in [1.807, 2.05) is 18.2 Å². The molecule has 0 saturated heterocycles. The van der Waals surface area contributed by atoms with Crippen LogP contribution in [-0.4, -0.2) is 15.0 Å². The van der Waals surface area contributed by atoms with Gasteiger partial charge in [-0.1, -0.05) is 6.07 Å². The van der Waals surface area contributed by atoms with Crippen LogP contribution in [0.1, 0.15) is 17.0 Å². The van der Waals surface area contributed by atoms with Crippen molar-refractivity contribution in [2.45, 2.75) is 18.1 Å². The fourth-order valence-corrected chi connectivity index (χ4v) is 2.86. The molecule has 0 amide bonds. The number of thioether (sulfide) groups is 1. The molecule has 0 fully saturated rings. The first kappa shape index (κ1) is 11.3. The van der Waals surface area contributed by atoms with Crippen molar-refractivity contribution in [1.82, 2.24) is 15.0 Å². The third-order valence-corrected chi connectivity index (χ3v) is 3.72. The summed E-state index contributed by atoms with van der Waals surface area (Å²) in [5, 5.41) is 3.09. The Kier molecular flexibility index (Phi) is 3.02. The van der Waals surface area contributed by atoms with Crippen molar-refractivity contribution < 1.29 is 0 Å². The predicted octanol–water partition coefficient (Wildman–Crippen LogP) is 1.52. The molecule has 0 unspecified atom stereocenters. The molecule has 2 aromatic heterocycles. The second kappa shape index (κ2) is 4.81. The van der Waals surface area contributed by atoms with Crippen molar-refractivity contribution in [2.24, 2.45) is 0 Å². The molecule has 2 N–H and O–H groups in total. The lowest BCUT2D eigenvalue weighted by Crippen LogP contribution is -2.17. The molecule has 3 heterocycles. The van der Waals surface area contributed by atoms with Crippen LogP contribution in [0.5, 0.6) is 0 Å². The normalized spacial score (nSPS) is 13.3. The van der Waals surface area contributed by atoms with Gasteiger partial charge in [0.2, 0.25) is 5.95 Å². The summed E-state index contributed by atoms with van der Waals surface area (Å²) in [6.07, 6.45) is 1.74. The summed E-state index contributed by atoms with van der Waals surface area (Å²) in [7, 11) is 0. The second-order valence-electron chi connectivity index (χ2n) is 4.01. The number of hydrogen-bond donors (Lipinski definition) is 2. The molecule has 1 aliphatic rings. The number of nitrogens with one attached hydrogen (secondary N) is 2. The molecule has 18 heavy (non-hydrogen) atoms. The summed E-state index contributed by atoms with van der Waals surface area (Å²) in [6.45, 7) is 0.551. The van der Waals surface area contributed by atoms with E-state index < -0.39 is 0 Å². The van der Waals surface area contributed by atoms with Gasteiger partial charge >= 0.3 is 0 Å². The van der Waals surface area contributed by atoms with Gasteiger partial charge in [0.25, 0.3) is 5.56 Å². The van der Waals surface area contributed by atoms with Gasteiger partial charge in [-0.3, -0.25) is 14.8 Å². The quantitative estimate of drug-likeness (QED) is 0.875. The molecule has 5 nitrogen and oxygen atoms in total. The predicted molar refractivity (Wildman–Crippen MR) is 71.4 cm³/mol. The van der Waals surface area contributed by atoms with Gasteiger partial charge in [-0.2, -0.15) is 11.8 Å². The molecule has 0 saturated carbocycles. The molecule has 0 atom stereocenters. The number of aromatic nitrogens is 3. The number of H-pyrrole nitrogens is 1. The van der Waals surface area contributed by atoms with Crippen molar-refractivity contribution >= 4 is 17.7 Å². The minimum atomic E-state index is -0.0338. The third kappa shape index (κ3) is 2.24. The number of aromatic amines is 1. The van der Waals surface area contributed by atoms with E-state index in [2.05, 4.69) is 20.3 Å². The first-order chi connectivity index (χ1) is 8.83. The van der Waals surface area contributed by atoms with Crippen molar-refractivity contribution in [2.75, 3.05) is 5.32 Å². The lowest BCUT2D eigenvalue weighted by molar-refractivity contribution is 0.963. The zero-order valence-corrected chi connectivity index (χ0v) is 10.5. The zero-order chi connectivity index (χ0) is 12.4. The third-order valence-electron chi connectivity index (χ3n) is 2.75. The molecule has 0 radical (unpaired) electrons.